The van der Waals surface area contributed by atoms with E-state index >= 15 is 0 Å². The first-order valence-electron chi connectivity index (χ1n) is 8.33. The number of rotatable bonds is 5. The van der Waals surface area contributed by atoms with Crippen molar-refractivity contribution in [3.8, 4) is 0 Å². The van der Waals surface area contributed by atoms with Crippen LogP contribution in [0.2, 0.25) is 0 Å². The van der Waals surface area contributed by atoms with Gasteiger partial charge in [-0.25, -0.2) is 4.98 Å². The molecular formula is C19H21N3OS2. The molecule has 0 saturated carbocycles. The summed E-state index contributed by atoms with van der Waals surface area (Å²) in [5, 5.41) is 3.47. The van der Waals surface area contributed by atoms with Gasteiger partial charge in [-0.2, -0.15) is 0 Å². The van der Waals surface area contributed by atoms with Crippen molar-refractivity contribution in [1.29, 1.82) is 0 Å². The van der Waals surface area contributed by atoms with E-state index in [1.807, 2.05) is 6.07 Å². The predicted octanol–water partition coefficient (Wildman–Crippen LogP) is 4.14. The zero-order chi connectivity index (χ0) is 17.2. The van der Waals surface area contributed by atoms with Crippen molar-refractivity contribution in [1.82, 2.24) is 10.3 Å². The van der Waals surface area contributed by atoms with E-state index in [0.717, 1.165) is 22.2 Å². The lowest BCUT2D eigenvalue weighted by Gasteiger charge is -2.16. The maximum absolute atomic E-state index is 6.17. The minimum Gasteiger partial charge on any atom is -0.378 e. The zero-order valence-electron chi connectivity index (χ0n) is 14.3. The smallest absolute Gasteiger partial charge is 0.151 e. The summed E-state index contributed by atoms with van der Waals surface area (Å²) in [7, 11) is 4.10. The predicted molar refractivity (Wildman–Crippen MR) is 107 cm³/mol. The van der Waals surface area contributed by atoms with Gasteiger partial charge in [0.25, 0.3) is 0 Å². The largest absolute Gasteiger partial charge is 0.378 e. The molecule has 1 aliphatic rings. The SMILES string of the molecule is CN(C)c1ccc(C2NCC(CSc3nc4ccccc4s3)O2)cc1. The molecule has 0 aliphatic carbocycles. The summed E-state index contributed by atoms with van der Waals surface area (Å²) in [6, 6.07) is 16.8. The monoisotopic (exact) mass is 371 g/mol. The number of nitrogens with one attached hydrogen (secondary N) is 1. The maximum atomic E-state index is 6.17. The highest BCUT2D eigenvalue weighted by Gasteiger charge is 2.26. The highest BCUT2D eigenvalue weighted by molar-refractivity contribution is 8.01. The van der Waals surface area contributed by atoms with E-state index in [1.54, 1.807) is 23.1 Å². The first-order chi connectivity index (χ1) is 12.2. The third kappa shape index (κ3) is 3.82. The van der Waals surface area contributed by atoms with Crippen LogP contribution < -0.4 is 10.2 Å². The Hall–Kier alpha value is -1.60. The molecule has 4 rings (SSSR count). The maximum Gasteiger partial charge on any atom is 0.151 e. The fraction of sp³-hybridized carbons (Fsp3) is 0.316. The Labute approximate surface area is 156 Å². The summed E-state index contributed by atoms with van der Waals surface area (Å²) >= 11 is 3.54. The molecule has 2 aromatic carbocycles. The minimum absolute atomic E-state index is 0.0165. The van der Waals surface area contributed by atoms with Gasteiger partial charge in [-0.05, 0) is 29.8 Å². The summed E-state index contributed by atoms with van der Waals surface area (Å²) in [6.45, 7) is 0.873. The van der Waals surface area contributed by atoms with Crippen molar-refractivity contribution in [2.24, 2.45) is 0 Å². The van der Waals surface area contributed by atoms with E-state index in [-0.39, 0.29) is 12.3 Å². The summed E-state index contributed by atoms with van der Waals surface area (Å²) in [5.74, 6) is 0.916. The van der Waals surface area contributed by atoms with Crippen molar-refractivity contribution >= 4 is 39.0 Å². The molecule has 4 nitrogen and oxygen atoms in total. The Morgan fingerprint density at radius 3 is 2.76 bits per heavy atom. The Morgan fingerprint density at radius 2 is 2.00 bits per heavy atom. The zero-order valence-corrected chi connectivity index (χ0v) is 15.9. The van der Waals surface area contributed by atoms with Gasteiger partial charge in [-0.3, -0.25) is 5.32 Å². The molecule has 0 bridgehead atoms. The number of thioether (sulfide) groups is 1. The van der Waals surface area contributed by atoms with Crippen molar-refractivity contribution in [2.75, 3.05) is 31.3 Å². The lowest BCUT2D eigenvalue weighted by molar-refractivity contribution is 0.0535. The number of ether oxygens (including phenoxy) is 1. The number of benzene rings is 2. The van der Waals surface area contributed by atoms with Crippen LogP contribution >= 0.6 is 23.1 Å². The van der Waals surface area contributed by atoms with Crippen LogP contribution in [-0.2, 0) is 4.74 Å². The van der Waals surface area contributed by atoms with Crippen molar-refractivity contribution in [2.45, 2.75) is 16.7 Å². The molecule has 6 heteroatoms. The number of hydrogen-bond donors (Lipinski definition) is 1. The third-order valence-corrected chi connectivity index (χ3v) is 6.55. The van der Waals surface area contributed by atoms with Crippen LogP contribution in [0, 0.1) is 0 Å². The van der Waals surface area contributed by atoms with Crippen LogP contribution in [0.25, 0.3) is 10.2 Å². The number of thiazole rings is 1. The second-order valence-electron chi connectivity index (χ2n) is 6.29. The van der Waals surface area contributed by atoms with E-state index in [0.29, 0.717) is 0 Å². The fourth-order valence-electron chi connectivity index (χ4n) is 2.85. The molecule has 2 heterocycles. The van der Waals surface area contributed by atoms with Gasteiger partial charge in [-0.15, -0.1) is 11.3 Å². The number of aromatic nitrogens is 1. The van der Waals surface area contributed by atoms with E-state index in [9.17, 15) is 0 Å². The van der Waals surface area contributed by atoms with Crippen LogP contribution in [0.15, 0.2) is 52.9 Å². The molecule has 0 spiro atoms. The first kappa shape index (κ1) is 16.8. The van der Waals surface area contributed by atoms with Crippen molar-refractivity contribution in [3.63, 3.8) is 0 Å². The molecule has 1 fully saturated rings. The molecule has 3 aromatic rings. The van der Waals surface area contributed by atoms with E-state index in [4.69, 9.17) is 4.74 Å². The van der Waals surface area contributed by atoms with Gasteiger partial charge in [0.1, 0.15) is 6.23 Å². The van der Waals surface area contributed by atoms with E-state index < -0.39 is 0 Å². The molecular weight excluding hydrogens is 350 g/mol. The molecule has 1 aliphatic heterocycles. The van der Waals surface area contributed by atoms with Gasteiger partial charge in [0, 0.05) is 32.1 Å². The summed E-state index contributed by atoms with van der Waals surface area (Å²) in [4.78, 5) is 6.78. The topological polar surface area (TPSA) is 37.4 Å². The Kier molecular flexibility index (Phi) is 4.94. The van der Waals surface area contributed by atoms with Gasteiger partial charge in [0.15, 0.2) is 4.34 Å². The molecule has 1 saturated heterocycles. The average molecular weight is 372 g/mol. The third-order valence-electron chi connectivity index (χ3n) is 4.24. The molecule has 0 radical (unpaired) electrons. The van der Waals surface area contributed by atoms with Gasteiger partial charge in [0.05, 0.1) is 16.3 Å². The highest BCUT2D eigenvalue weighted by atomic mass is 32.2. The Balaban J connectivity index is 1.34. The standard InChI is InChI=1S/C19H21N3OS2/c1-22(2)14-9-7-13(8-10-14)18-20-11-15(23-18)12-24-19-21-16-5-3-4-6-17(16)25-19/h3-10,15,18,20H,11-12H2,1-2H3. The number of nitrogens with zero attached hydrogens (tertiary/aromatic N) is 2. The van der Waals surface area contributed by atoms with Gasteiger partial charge >= 0.3 is 0 Å². The molecule has 0 amide bonds. The summed E-state index contributed by atoms with van der Waals surface area (Å²) in [6.07, 6.45) is 0.188. The summed E-state index contributed by atoms with van der Waals surface area (Å²) < 4.78 is 8.53. The highest BCUT2D eigenvalue weighted by Crippen LogP contribution is 2.32. The van der Waals surface area contributed by atoms with E-state index in [1.165, 1.54) is 16.0 Å². The molecule has 2 atom stereocenters. The quantitative estimate of drug-likeness (QED) is 0.682. The minimum atomic E-state index is -0.0165. The fourth-order valence-corrected chi connectivity index (χ4v) is 4.94. The lowest BCUT2D eigenvalue weighted by atomic mass is 10.2. The first-order valence-corrected chi connectivity index (χ1v) is 10.1. The molecule has 130 valence electrons. The van der Waals surface area contributed by atoms with Crippen LogP contribution in [0.3, 0.4) is 0 Å². The lowest BCUT2D eigenvalue weighted by Crippen LogP contribution is -2.16. The van der Waals surface area contributed by atoms with E-state index in [2.05, 4.69) is 71.8 Å². The number of fused-ring (bicyclic) bond motifs is 1. The second kappa shape index (κ2) is 7.33. The van der Waals surface area contributed by atoms with Crippen LogP contribution in [0.5, 0.6) is 0 Å². The van der Waals surface area contributed by atoms with Crippen LogP contribution in [0.1, 0.15) is 11.8 Å². The Morgan fingerprint density at radius 1 is 1.20 bits per heavy atom. The molecule has 2 unspecified atom stereocenters. The average Bonchev–Trinajstić information content (AvgIpc) is 3.26. The summed E-state index contributed by atoms with van der Waals surface area (Å²) in [5.41, 5.74) is 3.46. The van der Waals surface area contributed by atoms with Crippen LogP contribution in [-0.4, -0.2) is 37.5 Å². The molecule has 25 heavy (non-hydrogen) atoms. The Bertz CT molecular complexity index is 814. The number of para-hydroxylation sites is 1. The molecule has 1 N–H and O–H groups in total. The van der Waals surface area contributed by atoms with Crippen molar-refractivity contribution in [3.05, 3.63) is 54.1 Å². The number of hydrogen-bond acceptors (Lipinski definition) is 6. The van der Waals surface area contributed by atoms with Crippen molar-refractivity contribution < 1.29 is 4.74 Å². The van der Waals surface area contributed by atoms with Crippen LogP contribution in [0.4, 0.5) is 5.69 Å². The second-order valence-corrected chi connectivity index (χ2v) is 8.59. The van der Waals surface area contributed by atoms with Gasteiger partial charge < -0.3 is 9.64 Å². The van der Waals surface area contributed by atoms with Gasteiger partial charge in [0.2, 0.25) is 0 Å². The van der Waals surface area contributed by atoms with Gasteiger partial charge in [-0.1, -0.05) is 36.0 Å². The normalized spacial score (nSPS) is 20.2. The molecule has 1 aromatic heterocycles. The number of anilines is 1.